The summed E-state index contributed by atoms with van der Waals surface area (Å²) in [5.74, 6) is 2.07. The number of fused-ring (bicyclic) bond motifs is 1. The van der Waals surface area contributed by atoms with Gasteiger partial charge in [0.15, 0.2) is 11.5 Å². The van der Waals surface area contributed by atoms with E-state index in [1.807, 2.05) is 0 Å². The first-order chi connectivity index (χ1) is 14.8. The Kier molecular flexibility index (Phi) is 8.39. The van der Waals surface area contributed by atoms with E-state index in [1.165, 1.54) is 22.3 Å². The third kappa shape index (κ3) is 5.61. The molecular formula is C27H32ClNO2. The van der Waals surface area contributed by atoms with Crippen LogP contribution in [0.25, 0.3) is 0 Å². The Morgan fingerprint density at radius 2 is 1.39 bits per heavy atom. The van der Waals surface area contributed by atoms with Crippen LogP contribution >= 0.6 is 12.4 Å². The maximum absolute atomic E-state index is 5.50. The van der Waals surface area contributed by atoms with Crippen LogP contribution in [-0.2, 0) is 12.8 Å². The van der Waals surface area contributed by atoms with E-state index in [9.17, 15) is 0 Å². The molecule has 0 saturated heterocycles. The summed E-state index contributed by atoms with van der Waals surface area (Å²) in [5.41, 5.74) is 5.53. The topological polar surface area (TPSA) is 30.5 Å². The van der Waals surface area contributed by atoms with Crippen LogP contribution in [0.2, 0.25) is 0 Å². The van der Waals surface area contributed by atoms with E-state index >= 15 is 0 Å². The van der Waals surface area contributed by atoms with Gasteiger partial charge in [0.05, 0.1) is 14.2 Å². The molecule has 0 heterocycles. The first-order valence-corrected chi connectivity index (χ1v) is 10.9. The van der Waals surface area contributed by atoms with Gasteiger partial charge in [-0.25, -0.2) is 0 Å². The van der Waals surface area contributed by atoms with E-state index in [4.69, 9.17) is 9.47 Å². The largest absolute Gasteiger partial charge is 0.493 e. The Balaban J connectivity index is 0.00000272. The van der Waals surface area contributed by atoms with E-state index in [2.05, 4.69) is 78.1 Å². The van der Waals surface area contributed by atoms with Crippen molar-refractivity contribution in [1.82, 2.24) is 5.32 Å². The molecule has 1 atom stereocenters. The Labute approximate surface area is 192 Å². The summed E-state index contributed by atoms with van der Waals surface area (Å²) in [7, 11) is 3.41. The van der Waals surface area contributed by atoms with Crippen LogP contribution in [0.15, 0.2) is 72.8 Å². The number of ether oxygens (including phenoxy) is 2. The molecule has 1 aliphatic rings. The van der Waals surface area contributed by atoms with Gasteiger partial charge in [-0.3, -0.25) is 0 Å². The zero-order valence-corrected chi connectivity index (χ0v) is 19.2. The van der Waals surface area contributed by atoms with Gasteiger partial charge in [0.25, 0.3) is 0 Å². The lowest BCUT2D eigenvalue weighted by Gasteiger charge is -2.27. The zero-order chi connectivity index (χ0) is 20.8. The van der Waals surface area contributed by atoms with Gasteiger partial charge in [-0.1, -0.05) is 60.7 Å². The molecular weight excluding hydrogens is 406 g/mol. The minimum Gasteiger partial charge on any atom is -0.493 e. The molecule has 164 valence electrons. The van der Waals surface area contributed by atoms with Crippen molar-refractivity contribution in [3.05, 3.63) is 95.1 Å². The molecule has 0 spiro atoms. The number of nitrogens with one attached hydrogen (secondary N) is 1. The number of hydrogen-bond acceptors (Lipinski definition) is 3. The van der Waals surface area contributed by atoms with Gasteiger partial charge in [-0.2, -0.15) is 0 Å². The molecule has 0 bridgehead atoms. The van der Waals surface area contributed by atoms with Gasteiger partial charge in [0.2, 0.25) is 0 Å². The van der Waals surface area contributed by atoms with Crippen molar-refractivity contribution < 1.29 is 9.47 Å². The molecule has 0 radical (unpaired) electrons. The number of methoxy groups -OCH3 is 2. The van der Waals surface area contributed by atoms with Crippen molar-refractivity contribution in [2.24, 2.45) is 0 Å². The molecule has 4 rings (SSSR count). The molecule has 1 aliphatic carbocycles. The maximum atomic E-state index is 5.50. The molecule has 0 aromatic heterocycles. The molecule has 3 aromatic rings. The monoisotopic (exact) mass is 437 g/mol. The molecule has 0 unspecified atom stereocenters. The molecule has 3 aromatic carbocycles. The first kappa shape index (κ1) is 23.2. The summed E-state index contributed by atoms with van der Waals surface area (Å²) >= 11 is 0. The number of hydrogen-bond donors (Lipinski definition) is 1. The van der Waals surface area contributed by atoms with Crippen molar-refractivity contribution in [2.45, 2.75) is 37.6 Å². The fourth-order valence-corrected chi connectivity index (χ4v) is 4.59. The van der Waals surface area contributed by atoms with Crippen molar-refractivity contribution in [3.63, 3.8) is 0 Å². The third-order valence-corrected chi connectivity index (χ3v) is 6.20. The van der Waals surface area contributed by atoms with E-state index < -0.39 is 0 Å². The minimum absolute atomic E-state index is 0. The molecule has 0 fully saturated rings. The molecule has 0 amide bonds. The van der Waals surface area contributed by atoms with Crippen LogP contribution in [0, 0.1) is 0 Å². The SMILES string of the molecule is COc1cc2c(cc1OC)C[C@H](NCCC(c1ccccc1)c1ccccc1)CC2.Cl. The highest BCUT2D eigenvalue weighted by molar-refractivity contribution is 5.85. The number of halogens is 1. The molecule has 0 saturated carbocycles. The van der Waals surface area contributed by atoms with E-state index in [0.717, 1.165) is 43.7 Å². The number of benzene rings is 3. The molecule has 4 heteroatoms. The Morgan fingerprint density at radius 1 is 0.839 bits per heavy atom. The van der Waals surface area contributed by atoms with Crippen LogP contribution in [0.4, 0.5) is 0 Å². The molecule has 1 N–H and O–H groups in total. The molecule has 31 heavy (non-hydrogen) atoms. The fourth-order valence-electron chi connectivity index (χ4n) is 4.59. The van der Waals surface area contributed by atoms with Gasteiger partial charge < -0.3 is 14.8 Å². The molecule has 3 nitrogen and oxygen atoms in total. The Hall–Kier alpha value is -2.49. The summed E-state index contributed by atoms with van der Waals surface area (Å²) in [6.07, 6.45) is 4.36. The van der Waals surface area contributed by atoms with E-state index in [1.54, 1.807) is 14.2 Å². The second-order valence-electron chi connectivity index (χ2n) is 8.03. The van der Waals surface area contributed by atoms with Crippen LogP contribution in [0.3, 0.4) is 0 Å². The van der Waals surface area contributed by atoms with Crippen LogP contribution < -0.4 is 14.8 Å². The highest BCUT2D eigenvalue weighted by Gasteiger charge is 2.21. The maximum Gasteiger partial charge on any atom is 0.161 e. The minimum atomic E-state index is 0. The predicted octanol–water partition coefficient (Wildman–Crippen LogP) is 5.79. The summed E-state index contributed by atoms with van der Waals surface area (Å²) in [6.45, 7) is 1.00. The lowest BCUT2D eigenvalue weighted by Crippen LogP contribution is -2.35. The smallest absolute Gasteiger partial charge is 0.161 e. The van der Waals surface area contributed by atoms with E-state index in [-0.39, 0.29) is 12.4 Å². The van der Waals surface area contributed by atoms with Gasteiger partial charge in [-0.05, 0) is 66.6 Å². The van der Waals surface area contributed by atoms with Crippen molar-refractivity contribution in [2.75, 3.05) is 20.8 Å². The van der Waals surface area contributed by atoms with Crippen molar-refractivity contribution >= 4 is 12.4 Å². The van der Waals surface area contributed by atoms with Gasteiger partial charge in [0.1, 0.15) is 0 Å². The highest BCUT2D eigenvalue weighted by atomic mass is 35.5. The summed E-state index contributed by atoms with van der Waals surface area (Å²) < 4.78 is 11.0. The predicted molar refractivity (Wildman–Crippen MR) is 130 cm³/mol. The number of aryl methyl sites for hydroxylation is 1. The van der Waals surface area contributed by atoms with Gasteiger partial charge in [0, 0.05) is 12.0 Å². The summed E-state index contributed by atoms with van der Waals surface area (Å²) in [4.78, 5) is 0. The van der Waals surface area contributed by atoms with Crippen LogP contribution in [-0.4, -0.2) is 26.8 Å². The second kappa shape index (κ2) is 11.2. The third-order valence-electron chi connectivity index (χ3n) is 6.20. The average Bonchev–Trinajstić information content (AvgIpc) is 2.82. The Morgan fingerprint density at radius 3 is 1.94 bits per heavy atom. The lowest BCUT2D eigenvalue weighted by molar-refractivity contribution is 0.352. The highest BCUT2D eigenvalue weighted by Crippen LogP contribution is 2.34. The van der Waals surface area contributed by atoms with Gasteiger partial charge >= 0.3 is 0 Å². The second-order valence-corrected chi connectivity index (χ2v) is 8.03. The Bertz CT molecular complexity index is 907. The summed E-state index contributed by atoms with van der Waals surface area (Å²) in [6, 6.07) is 26.5. The summed E-state index contributed by atoms with van der Waals surface area (Å²) in [5, 5.41) is 3.83. The van der Waals surface area contributed by atoms with Gasteiger partial charge in [-0.15, -0.1) is 12.4 Å². The zero-order valence-electron chi connectivity index (χ0n) is 18.3. The van der Waals surface area contributed by atoms with Crippen LogP contribution in [0.5, 0.6) is 11.5 Å². The van der Waals surface area contributed by atoms with Crippen molar-refractivity contribution in [3.8, 4) is 11.5 Å². The molecule has 0 aliphatic heterocycles. The normalized spacial score (nSPS) is 15.1. The van der Waals surface area contributed by atoms with E-state index in [0.29, 0.717) is 12.0 Å². The standard InChI is InChI=1S/C27H31NO2.ClH/c1-29-26-18-22-13-14-24(17-23(22)19-27(26)30-2)28-16-15-25(20-9-5-3-6-10-20)21-11-7-4-8-12-21;/h3-12,18-19,24-25,28H,13-17H2,1-2H3;1H/t24-;/m1./s1. The van der Waals surface area contributed by atoms with Crippen molar-refractivity contribution in [1.29, 1.82) is 0 Å². The number of rotatable bonds is 8. The first-order valence-electron chi connectivity index (χ1n) is 10.9. The fraction of sp³-hybridized carbons (Fsp3) is 0.333. The average molecular weight is 438 g/mol. The van der Waals surface area contributed by atoms with Crippen LogP contribution in [0.1, 0.15) is 41.0 Å². The lowest BCUT2D eigenvalue weighted by atomic mass is 9.86. The quantitative estimate of drug-likeness (QED) is 0.483.